The maximum absolute atomic E-state index is 12.9. The quantitative estimate of drug-likeness (QED) is 0.778. The van der Waals surface area contributed by atoms with Crippen molar-refractivity contribution in [1.29, 1.82) is 0 Å². The molecular formula is C19H23NOS. The van der Waals surface area contributed by atoms with E-state index >= 15 is 0 Å². The third kappa shape index (κ3) is 3.00. The van der Waals surface area contributed by atoms with Crippen LogP contribution in [-0.4, -0.2) is 10.3 Å². The summed E-state index contributed by atoms with van der Waals surface area (Å²) >= 11 is 1.67. The first-order chi connectivity index (χ1) is 10.7. The van der Waals surface area contributed by atoms with Crippen LogP contribution in [0.25, 0.3) is 0 Å². The van der Waals surface area contributed by atoms with Crippen LogP contribution in [0.5, 0.6) is 0 Å². The summed E-state index contributed by atoms with van der Waals surface area (Å²) in [5, 5.41) is 0. The summed E-state index contributed by atoms with van der Waals surface area (Å²) in [4.78, 5) is 13.8. The fourth-order valence-electron chi connectivity index (χ4n) is 3.33. The highest BCUT2D eigenvalue weighted by atomic mass is 32.2. The first kappa shape index (κ1) is 15.4. The van der Waals surface area contributed by atoms with E-state index in [9.17, 15) is 4.79 Å². The summed E-state index contributed by atoms with van der Waals surface area (Å²) in [5.74, 6) is 1.50. The van der Waals surface area contributed by atoms with Gasteiger partial charge in [-0.2, -0.15) is 0 Å². The summed E-state index contributed by atoms with van der Waals surface area (Å²) in [7, 11) is 0. The van der Waals surface area contributed by atoms with Crippen molar-refractivity contribution in [3.05, 3.63) is 63.6 Å². The molecule has 0 bridgehead atoms. The Balaban J connectivity index is 2.12. The number of fused-ring (bicyclic) bond motifs is 1. The van der Waals surface area contributed by atoms with Gasteiger partial charge in [0.05, 0.1) is 11.4 Å². The normalized spacial score (nSPS) is 17.3. The fourth-order valence-corrected chi connectivity index (χ4v) is 4.08. The largest absolute Gasteiger partial charge is 0.307 e. The van der Waals surface area contributed by atoms with Crippen LogP contribution in [0.1, 0.15) is 49.4 Å². The lowest BCUT2D eigenvalue weighted by atomic mass is 9.86. The van der Waals surface area contributed by atoms with Gasteiger partial charge in [-0.1, -0.05) is 44.2 Å². The summed E-state index contributed by atoms with van der Waals surface area (Å²) < 4.78 is 2.03. The zero-order valence-electron chi connectivity index (χ0n) is 13.3. The van der Waals surface area contributed by atoms with Gasteiger partial charge in [0, 0.05) is 5.69 Å². The Bertz CT molecular complexity index is 705. The highest BCUT2D eigenvalue weighted by molar-refractivity contribution is 7.99. The average Bonchev–Trinajstić information content (AvgIpc) is 2.53. The minimum Gasteiger partial charge on any atom is -0.307 e. The van der Waals surface area contributed by atoms with Crippen molar-refractivity contribution in [3.8, 4) is 0 Å². The van der Waals surface area contributed by atoms with E-state index in [0.717, 1.165) is 17.1 Å². The molecule has 1 aromatic carbocycles. The molecular weight excluding hydrogens is 290 g/mol. The van der Waals surface area contributed by atoms with Crippen molar-refractivity contribution in [2.24, 2.45) is 0 Å². The first-order valence-electron chi connectivity index (χ1n) is 8.14. The van der Waals surface area contributed by atoms with Crippen molar-refractivity contribution in [1.82, 2.24) is 4.57 Å². The molecule has 1 unspecified atom stereocenters. The Labute approximate surface area is 136 Å². The fraction of sp³-hybridized carbons (Fsp3) is 0.421. The van der Waals surface area contributed by atoms with E-state index < -0.39 is 0 Å². The van der Waals surface area contributed by atoms with Crippen molar-refractivity contribution in [2.45, 2.75) is 50.5 Å². The SMILES string of the molecule is CCSc1cc2c(n(Cc3ccccc3)c1=O)CCCC2C. The van der Waals surface area contributed by atoms with Gasteiger partial charge in [-0.05, 0) is 48.1 Å². The van der Waals surface area contributed by atoms with Crippen LogP contribution in [0.4, 0.5) is 0 Å². The molecule has 0 aliphatic heterocycles. The molecule has 1 atom stereocenters. The lowest BCUT2D eigenvalue weighted by molar-refractivity contribution is 0.538. The molecule has 0 saturated heterocycles. The molecule has 116 valence electrons. The third-order valence-corrected chi connectivity index (χ3v) is 5.36. The zero-order chi connectivity index (χ0) is 15.5. The van der Waals surface area contributed by atoms with E-state index in [1.54, 1.807) is 11.8 Å². The zero-order valence-corrected chi connectivity index (χ0v) is 14.2. The standard InChI is InChI=1S/C19H23NOS/c1-3-22-18-12-16-14(2)8-7-11-17(16)20(19(18)21)13-15-9-5-4-6-10-15/h4-6,9-10,12,14H,3,7-8,11,13H2,1-2H3. The molecule has 2 nitrogen and oxygen atoms in total. The molecule has 0 saturated carbocycles. The van der Waals surface area contributed by atoms with Crippen molar-refractivity contribution < 1.29 is 0 Å². The Morgan fingerprint density at radius 2 is 2.05 bits per heavy atom. The molecule has 2 aromatic rings. The highest BCUT2D eigenvalue weighted by Gasteiger charge is 2.22. The van der Waals surface area contributed by atoms with Gasteiger partial charge in [-0.3, -0.25) is 4.79 Å². The van der Waals surface area contributed by atoms with Gasteiger partial charge in [0.25, 0.3) is 5.56 Å². The number of rotatable bonds is 4. The second-order valence-electron chi connectivity index (χ2n) is 6.01. The van der Waals surface area contributed by atoms with Crippen molar-refractivity contribution in [3.63, 3.8) is 0 Å². The van der Waals surface area contributed by atoms with Gasteiger partial charge >= 0.3 is 0 Å². The summed E-state index contributed by atoms with van der Waals surface area (Å²) in [5.41, 5.74) is 4.03. The average molecular weight is 313 g/mol. The second kappa shape index (κ2) is 6.74. The van der Waals surface area contributed by atoms with E-state index in [1.807, 2.05) is 22.8 Å². The minimum atomic E-state index is 0.184. The molecule has 0 fully saturated rings. The lowest BCUT2D eigenvalue weighted by Crippen LogP contribution is -2.29. The Morgan fingerprint density at radius 3 is 2.77 bits per heavy atom. The van der Waals surface area contributed by atoms with Crippen LogP contribution in [0.2, 0.25) is 0 Å². The number of thioether (sulfide) groups is 1. The molecule has 0 N–H and O–H groups in total. The number of hydrogen-bond acceptors (Lipinski definition) is 2. The lowest BCUT2D eigenvalue weighted by Gasteiger charge is -2.26. The van der Waals surface area contributed by atoms with Crippen molar-refractivity contribution >= 4 is 11.8 Å². The third-order valence-electron chi connectivity index (χ3n) is 4.47. The van der Waals surface area contributed by atoms with Crippen molar-refractivity contribution in [2.75, 3.05) is 5.75 Å². The van der Waals surface area contributed by atoms with E-state index in [-0.39, 0.29) is 5.56 Å². The predicted molar refractivity (Wildman–Crippen MR) is 94.0 cm³/mol. The number of hydrogen-bond donors (Lipinski definition) is 0. The van der Waals surface area contributed by atoms with Crippen LogP contribution in [0.15, 0.2) is 46.1 Å². The van der Waals surface area contributed by atoms with Crippen LogP contribution in [-0.2, 0) is 13.0 Å². The van der Waals surface area contributed by atoms with Gasteiger partial charge in [0.15, 0.2) is 0 Å². The topological polar surface area (TPSA) is 22.0 Å². The van der Waals surface area contributed by atoms with Gasteiger partial charge in [0.2, 0.25) is 0 Å². The molecule has 3 heteroatoms. The van der Waals surface area contributed by atoms with E-state index in [4.69, 9.17) is 0 Å². The molecule has 3 rings (SSSR count). The molecule has 0 spiro atoms. The summed E-state index contributed by atoms with van der Waals surface area (Å²) in [6, 6.07) is 12.5. The van der Waals surface area contributed by atoms with Gasteiger partial charge in [-0.25, -0.2) is 0 Å². The number of pyridine rings is 1. The Kier molecular flexibility index (Phi) is 4.72. The van der Waals surface area contributed by atoms with E-state index in [2.05, 4.69) is 32.0 Å². The predicted octanol–water partition coefficient (Wildman–Crippen LogP) is 4.45. The van der Waals surface area contributed by atoms with Crippen LogP contribution < -0.4 is 5.56 Å². The Hall–Kier alpha value is -1.48. The maximum Gasteiger partial charge on any atom is 0.264 e. The molecule has 1 aromatic heterocycles. The minimum absolute atomic E-state index is 0.184. The number of nitrogens with zero attached hydrogens (tertiary/aromatic N) is 1. The summed E-state index contributed by atoms with van der Waals surface area (Å²) in [6.45, 7) is 5.08. The molecule has 1 aliphatic rings. The monoisotopic (exact) mass is 313 g/mol. The van der Waals surface area contributed by atoms with E-state index in [0.29, 0.717) is 12.5 Å². The summed E-state index contributed by atoms with van der Waals surface area (Å²) in [6.07, 6.45) is 3.44. The van der Waals surface area contributed by atoms with Crippen LogP contribution in [0, 0.1) is 0 Å². The first-order valence-corrected chi connectivity index (χ1v) is 9.12. The van der Waals surface area contributed by atoms with Gasteiger partial charge < -0.3 is 4.57 Å². The van der Waals surface area contributed by atoms with Crippen LogP contribution >= 0.6 is 11.8 Å². The smallest absolute Gasteiger partial charge is 0.264 e. The van der Waals surface area contributed by atoms with Gasteiger partial charge in [0.1, 0.15) is 0 Å². The second-order valence-corrected chi connectivity index (χ2v) is 7.32. The molecule has 0 amide bonds. The molecule has 1 aliphatic carbocycles. The number of aromatic nitrogens is 1. The highest BCUT2D eigenvalue weighted by Crippen LogP contribution is 2.32. The number of benzene rings is 1. The molecule has 22 heavy (non-hydrogen) atoms. The molecule has 1 heterocycles. The van der Waals surface area contributed by atoms with Crippen LogP contribution in [0.3, 0.4) is 0 Å². The maximum atomic E-state index is 12.9. The Morgan fingerprint density at radius 1 is 1.27 bits per heavy atom. The molecule has 0 radical (unpaired) electrons. The van der Waals surface area contributed by atoms with Gasteiger partial charge in [-0.15, -0.1) is 11.8 Å². The van der Waals surface area contributed by atoms with E-state index in [1.165, 1.54) is 29.7 Å².